The third-order valence-corrected chi connectivity index (χ3v) is 7.22. The smallest absolute Gasteiger partial charge is 0.408 e. The molecule has 1 aromatic heterocycles. The maximum Gasteiger partial charge on any atom is 0.419 e. The average molecular weight is 431 g/mol. The number of amides is 1. The predicted octanol–water partition coefficient (Wildman–Crippen LogP) is 2.74. The molecule has 0 radical (unpaired) electrons. The summed E-state index contributed by atoms with van der Waals surface area (Å²) < 4.78 is 6.68. The van der Waals surface area contributed by atoms with Crippen molar-refractivity contribution in [2.45, 2.75) is 31.7 Å². The summed E-state index contributed by atoms with van der Waals surface area (Å²) in [5, 5.41) is 16.0. The first-order valence-corrected chi connectivity index (χ1v) is 11.1. The lowest BCUT2D eigenvalue weighted by Crippen LogP contribution is -2.48. The topological polar surface area (TPSA) is 100 Å². The van der Waals surface area contributed by atoms with Crippen molar-refractivity contribution in [1.29, 1.82) is 5.26 Å². The van der Waals surface area contributed by atoms with Crippen molar-refractivity contribution in [3.8, 4) is 17.2 Å². The van der Waals surface area contributed by atoms with Gasteiger partial charge in [0.05, 0.1) is 17.5 Å². The van der Waals surface area contributed by atoms with E-state index in [9.17, 15) is 14.9 Å². The molecule has 2 heterocycles. The zero-order valence-corrected chi connectivity index (χ0v) is 18.1. The monoisotopic (exact) mass is 430 g/mol. The molecule has 1 spiro atoms. The summed E-state index contributed by atoms with van der Waals surface area (Å²) >= 11 is 0. The number of nitriles is 1. The molecule has 3 aromatic rings. The summed E-state index contributed by atoms with van der Waals surface area (Å²) in [5.74, 6) is -0.422. The number of rotatable bonds is 5. The van der Waals surface area contributed by atoms with Crippen molar-refractivity contribution in [2.24, 2.45) is 18.4 Å². The van der Waals surface area contributed by atoms with E-state index < -0.39 is 6.04 Å². The number of carbonyl (C=O) groups excluding carboxylic acids is 1. The molecule has 7 heteroatoms. The van der Waals surface area contributed by atoms with Gasteiger partial charge in [0.25, 0.3) is 0 Å². The fourth-order valence-electron chi connectivity index (χ4n) is 5.11. The molecule has 7 nitrogen and oxygen atoms in total. The van der Waals surface area contributed by atoms with Crippen LogP contribution in [0.4, 0.5) is 0 Å². The van der Waals surface area contributed by atoms with Crippen molar-refractivity contribution in [2.75, 3.05) is 13.1 Å². The van der Waals surface area contributed by atoms with Gasteiger partial charge in [0.2, 0.25) is 5.91 Å². The van der Waals surface area contributed by atoms with E-state index in [0.717, 1.165) is 41.6 Å². The molecule has 1 aliphatic carbocycles. The summed E-state index contributed by atoms with van der Waals surface area (Å²) in [5.41, 5.74) is 4.38. The van der Waals surface area contributed by atoms with Gasteiger partial charge >= 0.3 is 5.76 Å². The molecule has 2 aliphatic rings. The van der Waals surface area contributed by atoms with Gasteiger partial charge in [0, 0.05) is 26.6 Å². The molecule has 1 saturated heterocycles. The Morgan fingerprint density at radius 2 is 2.03 bits per heavy atom. The van der Waals surface area contributed by atoms with E-state index in [2.05, 4.69) is 16.7 Å². The molecule has 2 aromatic carbocycles. The van der Waals surface area contributed by atoms with Crippen LogP contribution in [0.3, 0.4) is 0 Å². The van der Waals surface area contributed by atoms with Gasteiger partial charge in [0.1, 0.15) is 6.04 Å². The standard InChI is InChI=1S/C25H26N4O3/c1-29-21-12-18(7-8-22(21)32-24(29)31)17-5-3-16(4-6-17)11-19(13-26)28-23(30)20-14-27-15-25(20)9-2-10-25/h3-8,12,19-20,27H,2,9-11,14-15H2,1H3,(H,28,30). The maximum atomic E-state index is 12.9. The van der Waals surface area contributed by atoms with Gasteiger partial charge in [-0.1, -0.05) is 36.8 Å². The largest absolute Gasteiger partial charge is 0.419 e. The Balaban J connectivity index is 1.27. The minimum absolute atomic E-state index is 0.00287. The summed E-state index contributed by atoms with van der Waals surface area (Å²) in [6.07, 6.45) is 3.83. The van der Waals surface area contributed by atoms with Crippen molar-refractivity contribution < 1.29 is 9.21 Å². The highest BCUT2D eigenvalue weighted by molar-refractivity contribution is 5.81. The van der Waals surface area contributed by atoms with Crippen LogP contribution in [-0.2, 0) is 18.3 Å². The molecular formula is C25H26N4O3. The van der Waals surface area contributed by atoms with E-state index in [1.165, 1.54) is 11.0 Å². The molecule has 164 valence electrons. The quantitative estimate of drug-likeness (QED) is 0.648. The molecule has 1 aliphatic heterocycles. The number of hydrogen-bond donors (Lipinski definition) is 2. The lowest BCUT2D eigenvalue weighted by Gasteiger charge is -2.42. The third kappa shape index (κ3) is 3.51. The second-order valence-electron chi connectivity index (χ2n) is 9.10. The molecule has 2 N–H and O–H groups in total. The lowest BCUT2D eigenvalue weighted by atomic mass is 9.62. The van der Waals surface area contributed by atoms with Crippen LogP contribution in [0.1, 0.15) is 24.8 Å². The van der Waals surface area contributed by atoms with Gasteiger partial charge in [-0.15, -0.1) is 0 Å². The molecule has 32 heavy (non-hydrogen) atoms. The zero-order valence-electron chi connectivity index (χ0n) is 18.1. The van der Waals surface area contributed by atoms with Crippen molar-refractivity contribution in [3.63, 3.8) is 0 Å². The van der Waals surface area contributed by atoms with E-state index >= 15 is 0 Å². The highest BCUT2D eigenvalue weighted by Crippen LogP contribution is 2.49. The number of nitrogens with one attached hydrogen (secondary N) is 2. The highest BCUT2D eigenvalue weighted by Gasteiger charge is 2.50. The van der Waals surface area contributed by atoms with E-state index in [-0.39, 0.29) is 23.0 Å². The number of hydrogen-bond acceptors (Lipinski definition) is 5. The first kappa shape index (κ1) is 20.5. The van der Waals surface area contributed by atoms with Gasteiger partial charge in [-0.3, -0.25) is 9.36 Å². The van der Waals surface area contributed by atoms with E-state index in [4.69, 9.17) is 4.42 Å². The van der Waals surface area contributed by atoms with Crippen molar-refractivity contribution in [3.05, 3.63) is 58.6 Å². The Bertz CT molecular complexity index is 1260. The number of benzene rings is 2. The first-order valence-electron chi connectivity index (χ1n) is 11.1. The Morgan fingerprint density at radius 3 is 2.72 bits per heavy atom. The van der Waals surface area contributed by atoms with Crippen LogP contribution in [-0.4, -0.2) is 29.6 Å². The summed E-state index contributed by atoms with van der Waals surface area (Å²) in [6.45, 7) is 1.60. The number of aryl methyl sites for hydroxylation is 1. The van der Waals surface area contributed by atoms with E-state index in [1.807, 2.05) is 36.4 Å². The summed E-state index contributed by atoms with van der Waals surface area (Å²) in [6, 6.07) is 15.3. The fraction of sp³-hybridized carbons (Fsp3) is 0.400. The minimum atomic E-state index is -0.553. The molecule has 2 unspecified atom stereocenters. The summed E-state index contributed by atoms with van der Waals surface area (Å²) in [7, 11) is 1.69. The number of fused-ring (bicyclic) bond motifs is 1. The van der Waals surface area contributed by atoms with Gasteiger partial charge in [-0.2, -0.15) is 5.26 Å². The lowest BCUT2D eigenvalue weighted by molar-refractivity contribution is -0.129. The first-order chi connectivity index (χ1) is 15.5. The number of carbonyl (C=O) groups is 1. The maximum absolute atomic E-state index is 12.9. The molecule has 1 amide bonds. The molecule has 1 saturated carbocycles. The molecular weight excluding hydrogens is 404 g/mol. The SMILES string of the molecule is Cn1c(=O)oc2ccc(-c3ccc(CC(C#N)NC(=O)C4CNCC45CCC5)cc3)cc21. The number of aromatic nitrogens is 1. The molecule has 5 rings (SSSR count). The zero-order chi connectivity index (χ0) is 22.3. The highest BCUT2D eigenvalue weighted by atomic mass is 16.4. The number of nitrogens with zero attached hydrogens (tertiary/aromatic N) is 2. The van der Waals surface area contributed by atoms with Crippen LogP contribution >= 0.6 is 0 Å². The van der Waals surface area contributed by atoms with Crippen LogP contribution in [0.15, 0.2) is 51.7 Å². The van der Waals surface area contributed by atoms with Crippen LogP contribution in [0.25, 0.3) is 22.2 Å². The van der Waals surface area contributed by atoms with Crippen LogP contribution in [0.2, 0.25) is 0 Å². The van der Waals surface area contributed by atoms with Crippen LogP contribution < -0.4 is 16.4 Å². The second-order valence-corrected chi connectivity index (χ2v) is 9.10. The fourth-order valence-corrected chi connectivity index (χ4v) is 5.11. The Hall–Kier alpha value is -3.37. The average Bonchev–Trinajstić information content (AvgIpc) is 3.35. The minimum Gasteiger partial charge on any atom is -0.408 e. The summed E-state index contributed by atoms with van der Waals surface area (Å²) in [4.78, 5) is 24.6. The molecule has 2 atom stereocenters. The molecule has 2 fully saturated rings. The van der Waals surface area contributed by atoms with Crippen LogP contribution in [0, 0.1) is 22.7 Å². The Morgan fingerprint density at radius 1 is 1.28 bits per heavy atom. The Labute approximate surface area is 186 Å². The normalized spacial score (nSPS) is 20.1. The van der Waals surface area contributed by atoms with Gasteiger partial charge in [0.15, 0.2) is 5.58 Å². The molecule has 0 bridgehead atoms. The second kappa shape index (κ2) is 7.95. The third-order valence-electron chi connectivity index (χ3n) is 7.22. The van der Waals surface area contributed by atoms with Crippen LogP contribution in [0.5, 0.6) is 0 Å². The van der Waals surface area contributed by atoms with E-state index in [1.54, 1.807) is 13.1 Å². The van der Waals surface area contributed by atoms with Crippen molar-refractivity contribution >= 4 is 17.0 Å². The van der Waals surface area contributed by atoms with Gasteiger partial charge in [-0.25, -0.2) is 4.79 Å². The van der Waals surface area contributed by atoms with E-state index in [0.29, 0.717) is 18.5 Å². The van der Waals surface area contributed by atoms with Crippen molar-refractivity contribution in [1.82, 2.24) is 15.2 Å². The Kier molecular flexibility index (Phi) is 5.10. The van der Waals surface area contributed by atoms with Gasteiger partial charge in [-0.05, 0) is 47.1 Å². The number of oxazole rings is 1. The predicted molar refractivity (Wildman–Crippen MR) is 121 cm³/mol. The van der Waals surface area contributed by atoms with Gasteiger partial charge < -0.3 is 15.1 Å².